The second-order valence-electron chi connectivity index (χ2n) is 8.15. The number of benzene rings is 1. The summed E-state index contributed by atoms with van der Waals surface area (Å²) in [5.41, 5.74) is 2.41. The minimum Gasteiger partial charge on any atom is -0.497 e. The number of fused-ring (bicyclic) bond motifs is 1. The number of hydrogen-bond donors (Lipinski definition) is 1. The van der Waals surface area contributed by atoms with E-state index in [1.807, 2.05) is 37.3 Å². The van der Waals surface area contributed by atoms with Crippen LogP contribution < -0.4 is 10.1 Å². The number of carbonyl (C=O) groups excluding carboxylic acids is 1. The van der Waals surface area contributed by atoms with E-state index < -0.39 is 0 Å². The summed E-state index contributed by atoms with van der Waals surface area (Å²) in [6.07, 6.45) is 3.54. The Morgan fingerprint density at radius 3 is 2.75 bits per heavy atom. The van der Waals surface area contributed by atoms with Gasteiger partial charge in [0, 0.05) is 18.2 Å². The van der Waals surface area contributed by atoms with E-state index in [0.717, 1.165) is 41.4 Å². The van der Waals surface area contributed by atoms with Gasteiger partial charge in [0.25, 0.3) is 5.91 Å². The first-order valence-corrected chi connectivity index (χ1v) is 9.45. The van der Waals surface area contributed by atoms with Crippen molar-refractivity contribution in [3.8, 4) is 11.4 Å². The molecular formula is C22H25N3O3. The topological polar surface area (TPSA) is 69.3 Å². The van der Waals surface area contributed by atoms with Crippen LogP contribution in [0.3, 0.4) is 0 Å². The van der Waals surface area contributed by atoms with Crippen molar-refractivity contribution in [1.29, 1.82) is 0 Å². The summed E-state index contributed by atoms with van der Waals surface area (Å²) in [6.45, 7) is 6.34. The van der Waals surface area contributed by atoms with Crippen LogP contribution in [0, 0.1) is 12.3 Å². The molecule has 3 aromatic rings. The van der Waals surface area contributed by atoms with Gasteiger partial charge in [0.05, 0.1) is 18.8 Å². The molecule has 146 valence electrons. The largest absolute Gasteiger partial charge is 0.497 e. The molecule has 2 heterocycles. The first-order valence-electron chi connectivity index (χ1n) is 9.45. The number of aryl methyl sites for hydroxylation is 1. The number of nitrogens with one attached hydrogen (secondary N) is 1. The first kappa shape index (κ1) is 18.3. The van der Waals surface area contributed by atoms with Gasteiger partial charge in [-0.25, -0.2) is 4.68 Å². The van der Waals surface area contributed by atoms with Crippen LogP contribution in [0.4, 0.5) is 0 Å². The van der Waals surface area contributed by atoms with Crippen molar-refractivity contribution in [2.24, 2.45) is 5.41 Å². The van der Waals surface area contributed by atoms with Crippen LogP contribution in [-0.4, -0.2) is 22.8 Å². The van der Waals surface area contributed by atoms with Crippen LogP contribution in [0.25, 0.3) is 5.69 Å². The molecule has 28 heavy (non-hydrogen) atoms. The first-order chi connectivity index (χ1) is 13.3. The molecule has 1 aliphatic rings. The standard InChI is InChI=1S/C22H25N3O3/c1-14-11-17-19(12-22(2,3)13-20(17)28-14)23-21(26)18-9-10-25(24-18)15-5-7-16(27-4)8-6-15/h5-11,19H,12-13H2,1-4H3,(H,23,26). The summed E-state index contributed by atoms with van der Waals surface area (Å²) >= 11 is 0. The second-order valence-corrected chi connectivity index (χ2v) is 8.15. The highest BCUT2D eigenvalue weighted by atomic mass is 16.5. The molecule has 0 spiro atoms. The maximum atomic E-state index is 12.8. The number of amides is 1. The number of rotatable bonds is 4. The minimum atomic E-state index is -0.181. The monoisotopic (exact) mass is 379 g/mol. The zero-order valence-corrected chi connectivity index (χ0v) is 16.7. The van der Waals surface area contributed by atoms with Gasteiger partial charge in [-0.05, 0) is 55.2 Å². The summed E-state index contributed by atoms with van der Waals surface area (Å²) in [4.78, 5) is 12.8. The highest BCUT2D eigenvalue weighted by Gasteiger charge is 2.35. The predicted octanol–water partition coefficient (Wildman–Crippen LogP) is 4.23. The third kappa shape index (κ3) is 3.54. The Balaban J connectivity index is 1.53. The van der Waals surface area contributed by atoms with Crippen molar-refractivity contribution in [3.05, 3.63) is 65.4 Å². The van der Waals surface area contributed by atoms with E-state index in [2.05, 4.69) is 24.3 Å². The Morgan fingerprint density at radius 1 is 1.29 bits per heavy atom. The number of nitrogens with zero attached hydrogens (tertiary/aromatic N) is 2. The van der Waals surface area contributed by atoms with Gasteiger partial charge < -0.3 is 14.5 Å². The molecule has 0 bridgehead atoms. The van der Waals surface area contributed by atoms with Crippen molar-refractivity contribution in [3.63, 3.8) is 0 Å². The van der Waals surface area contributed by atoms with Gasteiger partial charge in [0.1, 0.15) is 17.3 Å². The summed E-state index contributed by atoms with van der Waals surface area (Å²) in [7, 11) is 1.63. The van der Waals surface area contributed by atoms with Crippen molar-refractivity contribution >= 4 is 5.91 Å². The maximum Gasteiger partial charge on any atom is 0.272 e. The Hall–Kier alpha value is -3.02. The van der Waals surface area contributed by atoms with Crippen LogP contribution in [0.5, 0.6) is 5.75 Å². The van der Waals surface area contributed by atoms with Crippen molar-refractivity contribution in [1.82, 2.24) is 15.1 Å². The number of carbonyl (C=O) groups is 1. The fourth-order valence-electron chi connectivity index (χ4n) is 3.87. The predicted molar refractivity (Wildman–Crippen MR) is 106 cm³/mol. The zero-order valence-electron chi connectivity index (χ0n) is 16.7. The van der Waals surface area contributed by atoms with Gasteiger partial charge in [0.2, 0.25) is 0 Å². The summed E-state index contributed by atoms with van der Waals surface area (Å²) in [5.74, 6) is 2.45. The SMILES string of the molecule is COc1ccc(-n2ccc(C(=O)NC3CC(C)(C)Cc4oc(C)cc43)n2)cc1. The average Bonchev–Trinajstić information content (AvgIpc) is 3.27. The van der Waals surface area contributed by atoms with E-state index in [1.165, 1.54) is 0 Å². The van der Waals surface area contributed by atoms with E-state index in [4.69, 9.17) is 9.15 Å². The van der Waals surface area contributed by atoms with E-state index >= 15 is 0 Å². The Kier molecular flexibility index (Phi) is 4.49. The number of methoxy groups -OCH3 is 1. The molecule has 1 aromatic carbocycles. The van der Waals surface area contributed by atoms with Gasteiger partial charge in [-0.3, -0.25) is 4.79 Å². The third-order valence-corrected chi connectivity index (χ3v) is 5.20. The van der Waals surface area contributed by atoms with Crippen molar-refractivity contribution in [2.45, 2.75) is 39.7 Å². The van der Waals surface area contributed by atoms with E-state index in [-0.39, 0.29) is 17.4 Å². The van der Waals surface area contributed by atoms with Crippen LogP contribution in [-0.2, 0) is 6.42 Å². The summed E-state index contributed by atoms with van der Waals surface area (Å²) < 4.78 is 12.7. The molecule has 1 unspecified atom stereocenters. The second kappa shape index (κ2) is 6.86. The Bertz CT molecular complexity index is 998. The van der Waals surface area contributed by atoms with Crippen molar-refractivity contribution in [2.75, 3.05) is 7.11 Å². The van der Waals surface area contributed by atoms with Gasteiger partial charge >= 0.3 is 0 Å². The number of aromatic nitrogens is 2. The molecule has 1 aliphatic carbocycles. The lowest BCUT2D eigenvalue weighted by Crippen LogP contribution is -2.36. The molecule has 0 saturated heterocycles. The highest BCUT2D eigenvalue weighted by molar-refractivity contribution is 5.92. The molecule has 0 radical (unpaired) electrons. The average molecular weight is 379 g/mol. The smallest absolute Gasteiger partial charge is 0.272 e. The maximum absolute atomic E-state index is 12.8. The zero-order chi connectivity index (χ0) is 19.9. The molecule has 2 aromatic heterocycles. The van der Waals surface area contributed by atoms with E-state index in [1.54, 1.807) is 24.1 Å². The molecule has 0 aliphatic heterocycles. The van der Waals surface area contributed by atoms with E-state index in [0.29, 0.717) is 5.69 Å². The minimum absolute atomic E-state index is 0.0672. The lowest BCUT2D eigenvalue weighted by molar-refractivity contribution is 0.0912. The quantitative estimate of drug-likeness (QED) is 0.737. The van der Waals surface area contributed by atoms with Gasteiger partial charge in [0.15, 0.2) is 5.69 Å². The van der Waals surface area contributed by atoms with Crippen molar-refractivity contribution < 1.29 is 13.9 Å². The fraction of sp³-hybridized carbons (Fsp3) is 0.364. The Morgan fingerprint density at radius 2 is 2.04 bits per heavy atom. The molecule has 4 rings (SSSR count). The molecule has 0 saturated carbocycles. The van der Waals surface area contributed by atoms with Crippen LogP contribution in [0.15, 0.2) is 47.0 Å². The summed E-state index contributed by atoms with van der Waals surface area (Å²) in [5, 5.41) is 7.59. The normalized spacial score (nSPS) is 17.8. The molecule has 1 atom stereocenters. The third-order valence-electron chi connectivity index (χ3n) is 5.20. The molecule has 1 amide bonds. The molecular weight excluding hydrogens is 354 g/mol. The Labute approximate surface area is 164 Å². The van der Waals surface area contributed by atoms with Gasteiger partial charge in [-0.2, -0.15) is 5.10 Å². The van der Waals surface area contributed by atoms with Gasteiger partial charge in [-0.1, -0.05) is 13.8 Å². The summed E-state index contributed by atoms with van der Waals surface area (Å²) in [6, 6.07) is 11.2. The fourth-order valence-corrected chi connectivity index (χ4v) is 3.87. The lowest BCUT2D eigenvalue weighted by Gasteiger charge is -2.34. The van der Waals surface area contributed by atoms with Crippen LogP contribution >= 0.6 is 0 Å². The molecule has 6 nitrogen and oxygen atoms in total. The number of ether oxygens (including phenoxy) is 1. The van der Waals surface area contributed by atoms with Crippen LogP contribution in [0.1, 0.15) is 53.9 Å². The highest BCUT2D eigenvalue weighted by Crippen LogP contribution is 2.42. The molecule has 6 heteroatoms. The lowest BCUT2D eigenvalue weighted by atomic mass is 9.74. The molecule has 1 N–H and O–H groups in total. The molecule has 0 fully saturated rings. The number of furan rings is 1. The van der Waals surface area contributed by atoms with E-state index in [9.17, 15) is 4.79 Å². The van der Waals surface area contributed by atoms with Crippen LogP contribution in [0.2, 0.25) is 0 Å². The van der Waals surface area contributed by atoms with Gasteiger partial charge in [-0.15, -0.1) is 0 Å². The number of hydrogen-bond acceptors (Lipinski definition) is 4.